The molecular formula is C10H12N2. The van der Waals surface area contributed by atoms with Crippen molar-refractivity contribution < 1.29 is 0 Å². The van der Waals surface area contributed by atoms with Crippen molar-refractivity contribution in [2.45, 2.75) is 18.4 Å². The number of hydrogen-bond acceptors (Lipinski definition) is 2. The molecule has 1 saturated carbocycles. The Bertz CT molecular complexity index is 313. The van der Waals surface area contributed by atoms with Crippen LogP contribution in [0.15, 0.2) is 24.9 Å². The first kappa shape index (κ1) is 7.50. The molecule has 0 radical (unpaired) electrons. The van der Waals surface area contributed by atoms with Crippen LogP contribution in [0.3, 0.4) is 0 Å². The van der Waals surface area contributed by atoms with Gasteiger partial charge in [0.25, 0.3) is 0 Å². The maximum atomic E-state index is 6.03. The minimum Gasteiger partial charge on any atom is -0.320 e. The molecule has 0 spiro atoms. The van der Waals surface area contributed by atoms with Crippen LogP contribution in [0.2, 0.25) is 0 Å². The average Bonchev–Trinajstić information content (AvgIpc) is 2.85. The third-order valence-electron chi connectivity index (χ3n) is 2.32. The van der Waals surface area contributed by atoms with Gasteiger partial charge in [-0.25, -0.2) is 0 Å². The highest BCUT2D eigenvalue weighted by atomic mass is 14.9. The van der Waals surface area contributed by atoms with Crippen LogP contribution in [0.4, 0.5) is 0 Å². The first-order valence-corrected chi connectivity index (χ1v) is 4.13. The number of hydrogen-bond donors (Lipinski definition) is 1. The molecule has 2 N–H and O–H groups in total. The van der Waals surface area contributed by atoms with Crippen LogP contribution in [0.1, 0.15) is 24.1 Å². The van der Waals surface area contributed by atoms with Gasteiger partial charge in [0, 0.05) is 6.20 Å². The quantitative estimate of drug-likeness (QED) is 0.714. The third kappa shape index (κ3) is 1.04. The summed E-state index contributed by atoms with van der Waals surface area (Å²) in [7, 11) is 0. The monoisotopic (exact) mass is 160 g/mol. The topological polar surface area (TPSA) is 38.9 Å². The molecular weight excluding hydrogens is 148 g/mol. The molecule has 0 amide bonds. The SMILES string of the molecule is C=Cc1cccnc1C1(N)CC1. The molecule has 2 nitrogen and oxygen atoms in total. The average molecular weight is 160 g/mol. The van der Waals surface area contributed by atoms with Gasteiger partial charge in [-0.1, -0.05) is 18.7 Å². The van der Waals surface area contributed by atoms with Crippen molar-refractivity contribution in [1.29, 1.82) is 0 Å². The van der Waals surface area contributed by atoms with Crippen LogP contribution in [-0.4, -0.2) is 4.98 Å². The zero-order valence-electron chi connectivity index (χ0n) is 6.96. The molecule has 1 heterocycles. The van der Waals surface area contributed by atoms with Gasteiger partial charge in [-0.05, 0) is 24.5 Å². The van der Waals surface area contributed by atoms with Gasteiger partial charge >= 0.3 is 0 Å². The first-order valence-electron chi connectivity index (χ1n) is 4.13. The molecule has 1 fully saturated rings. The number of pyridine rings is 1. The molecule has 2 rings (SSSR count). The number of nitrogens with two attached hydrogens (primary N) is 1. The van der Waals surface area contributed by atoms with Crippen LogP contribution in [0.25, 0.3) is 6.08 Å². The fourth-order valence-corrected chi connectivity index (χ4v) is 1.37. The summed E-state index contributed by atoms with van der Waals surface area (Å²) in [5, 5.41) is 0. The smallest absolute Gasteiger partial charge is 0.0674 e. The number of nitrogens with zero attached hydrogens (tertiary/aromatic N) is 1. The Labute approximate surface area is 72.1 Å². The summed E-state index contributed by atoms with van der Waals surface area (Å²) in [6, 6.07) is 3.91. The molecule has 0 aromatic carbocycles. The summed E-state index contributed by atoms with van der Waals surface area (Å²) in [6.07, 6.45) is 5.69. The zero-order chi connectivity index (χ0) is 8.60. The Morgan fingerprint density at radius 1 is 1.58 bits per heavy atom. The highest BCUT2D eigenvalue weighted by Gasteiger charge is 2.42. The molecule has 1 aromatic rings. The fourth-order valence-electron chi connectivity index (χ4n) is 1.37. The van der Waals surface area contributed by atoms with Crippen LogP contribution in [0, 0.1) is 0 Å². The molecule has 1 aromatic heterocycles. The van der Waals surface area contributed by atoms with E-state index < -0.39 is 0 Å². The second-order valence-corrected chi connectivity index (χ2v) is 3.30. The van der Waals surface area contributed by atoms with Crippen molar-refractivity contribution in [3.8, 4) is 0 Å². The predicted octanol–water partition coefficient (Wildman–Crippen LogP) is 1.67. The van der Waals surface area contributed by atoms with Gasteiger partial charge in [-0.3, -0.25) is 4.98 Å². The van der Waals surface area contributed by atoms with Gasteiger partial charge in [0.15, 0.2) is 0 Å². The van der Waals surface area contributed by atoms with Gasteiger partial charge in [0.05, 0.1) is 11.2 Å². The van der Waals surface area contributed by atoms with E-state index in [9.17, 15) is 0 Å². The summed E-state index contributed by atoms with van der Waals surface area (Å²) in [5.74, 6) is 0. The van der Waals surface area contributed by atoms with Crippen molar-refractivity contribution in [2.24, 2.45) is 5.73 Å². The molecule has 12 heavy (non-hydrogen) atoms. The highest BCUT2D eigenvalue weighted by molar-refractivity contribution is 5.52. The van der Waals surface area contributed by atoms with E-state index in [1.807, 2.05) is 18.2 Å². The summed E-state index contributed by atoms with van der Waals surface area (Å²) in [4.78, 5) is 4.29. The first-order chi connectivity index (χ1) is 5.76. The number of aromatic nitrogens is 1. The van der Waals surface area contributed by atoms with Crippen molar-refractivity contribution in [3.63, 3.8) is 0 Å². The van der Waals surface area contributed by atoms with Crippen molar-refractivity contribution in [2.75, 3.05) is 0 Å². The standard InChI is InChI=1S/C10H12N2/c1-2-8-4-3-7-12-9(8)10(11)5-6-10/h2-4,7H,1,5-6,11H2. The van der Waals surface area contributed by atoms with Gasteiger partial charge < -0.3 is 5.73 Å². The molecule has 62 valence electrons. The number of rotatable bonds is 2. The van der Waals surface area contributed by atoms with Gasteiger partial charge in [-0.2, -0.15) is 0 Å². The molecule has 1 aliphatic rings. The van der Waals surface area contributed by atoms with E-state index in [-0.39, 0.29) is 5.54 Å². The molecule has 0 atom stereocenters. The largest absolute Gasteiger partial charge is 0.320 e. The van der Waals surface area contributed by atoms with E-state index in [0.29, 0.717) is 0 Å². The minimum absolute atomic E-state index is 0.148. The molecule has 2 heteroatoms. The van der Waals surface area contributed by atoms with E-state index in [1.54, 1.807) is 6.20 Å². The van der Waals surface area contributed by atoms with E-state index in [1.165, 1.54) is 0 Å². The lowest BCUT2D eigenvalue weighted by Crippen LogP contribution is -2.21. The van der Waals surface area contributed by atoms with E-state index in [0.717, 1.165) is 24.1 Å². The van der Waals surface area contributed by atoms with Crippen LogP contribution < -0.4 is 5.73 Å². The second kappa shape index (κ2) is 2.42. The lowest BCUT2D eigenvalue weighted by atomic mass is 10.1. The van der Waals surface area contributed by atoms with Crippen molar-refractivity contribution >= 4 is 6.08 Å². The van der Waals surface area contributed by atoms with Crippen LogP contribution >= 0.6 is 0 Å². The molecule has 0 saturated heterocycles. The van der Waals surface area contributed by atoms with Crippen LogP contribution in [0.5, 0.6) is 0 Å². The Hall–Kier alpha value is -1.15. The van der Waals surface area contributed by atoms with Crippen molar-refractivity contribution in [3.05, 3.63) is 36.2 Å². The molecule has 0 bridgehead atoms. The van der Waals surface area contributed by atoms with E-state index >= 15 is 0 Å². The maximum Gasteiger partial charge on any atom is 0.0674 e. The summed E-state index contributed by atoms with van der Waals surface area (Å²) in [5.41, 5.74) is 7.95. The lowest BCUT2D eigenvalue weighted by molar-refractivity contribution is 0.706. The lowest BCUT2D eigenvalue weighted by Gasteiger charge is -2.10. The third-order valence-corrected chi connectivity index (χ3v) is 2.32. The Kier molecular flexibility index (Phi) is 1.51. The Balaban J connectivity index is 2.48. The van der Waals surface area contributed by atoms with E-state index in [2.05, 4.69) is 11.6 Å². The van der Waals surface area contributed by atoms with E-state index in [4.69, 9.17) is 5.73 Å². The van der Waals surface area contributed by atoms with Gasteiger partial charge in [0.1, 0.15) is 0 Å². The molecule has 1 aliphatic carbocycles. The van der Waals surface area contributed by atoms with Gasteiger partial charge in [0.2, 0.25) is 0 Å². The summed E-state index contributed by atoms with van der Waals surface area (Å²) < 4.78 is 0. The minimum atomic E-state index is -0.148. The normalized spacial score (nSPS) is 18.8. The predicted molar refractivity (Wildman–Crippen MR) is 49.4 cm³/mol. The zero-order valence-corrected chi connectivity index (χ0v) is 6.96. The van der Waals surface area contributed by atoms with Gasteiger partial charge in [-0.15, -0.1) is 0 Å². The summed E-state index contributed by atoms with van der Waals surface area (Å²) >= 11 is 0. The molecule has 0 aliphatic heterocycles. The molecule has 0 unspecified atom stereocenters. The Morgan fingerprint density at radius 3 is 2.92 bits per heavy atom. The van der Waals surface area contributed by atoms with Crippen molar-refractivity contribution in [1.82, 2.24) is 4.98 Å². The highest BCUT2D eigenvalue weighted by Crippen LogP contribution is 2.42. The van der Waals surface area contributed by atoms with Crippen LogP contribution in [-0.2, 0) is 5.54 Å². The second-order valence-electron chi connectivity index (χ2n) is 3.30. The Morgan fingerprint density at radius 2 is 2.33 bits per heavy atom. The fraction of sp³-hybridized carbons (Fsp3) is 0.300. The maximum absolute atomic E-state index is 6.03. The summed E-state index contributed by atoms with van der Waals surface area (Å²) in [6.45, 7) is 3.74.